The molecule has 1 aliphatic heterocycles. The molecule has 7 nitrogen and oxygen atoms in total. The monoisotopic (exact) mass is 392 g/mol. The van der Waals surface area contributed by atoms with E-state index >= 15 is 0 Å². The number of Topliss-reactive ketones (excluding diaryl/α,β-unsaturated/α-hetero) is 1. The fourth-order valence-corrected chi connectivity index (χ4v) is 3.65. The van der Waals surface area contributed by atoms with E-state index in [1.807, 2.05) is 6.92 Å². The van der Waals surface area contributed by atoms with Crippen LogP contribution < -0.4 is 15.7 Å². The molecule has 1 aromatic heterocycles. The van der Waals surface area contributed by atoms with E-state index in [0.717, 1.165) is 6.42 Å². The molecule has 8 heteroatoms. The van der Waals surface area contributed by atoms with Crippen LogP contribution in [0, 0.1) is 0 Å². The molecule has 0 spiro atoms. The lowest BCUT2D eigenvalue weighted by atomic mass is 10.0. The van der Waals surface area contributed by atoms with Crippen molar-refractivity contribution < 1.29 is 18.7 Å². The standard InChI is InChI=1S/C19H24N2O5S/c1-5-7-14(15-9-13(25-8-6-2)10-16(23)26-15)20-18(24)19(4)11-27-17(21-19)12(3)22/h6,9-10,14H,2,5,7-8,11H2,1,3-4H3,(H,20,24). The van der Waals surface area contributed by atoms with Gasteiger partial charge in [-0.3, -0.25) is 14.6 Å². The van der Waals surface area contributed by atoms with Crippen LogP contribution in [0.15, 0.2) is 39.0 Å². The Labute approximate surface area is 162 Å². The molecule has 2 unspecified atom stereocenters. The number of carbonyl (C=O) groups is 2. The summed E-state index contributed by atoms with van der Waals surface area (Å²) < 4.78 is 10.7. The third kappa shape index (κ3) is 5.32. The van der Waals surface area contributed by atoms with Crippen molar-refractivity contribution in [1.29, 1.82) is 0 Å². The second kappa shape index (κ2) is 9.03. The second-order valence-corrected chi connectivity index (χ2v) is 7.43. The summed E-state index contributed by atoms with van der Waals surface area (Å²) in [6.07, 6.45) is 2.91. The highest BCUT2D eigenvalue weighted by molar-refractivity contribution is 8.16. The molecule has 1 aromatic rings. The molecule has 0 aromatic carbocycles. The Morgan fingerprint density at radius 2 is 2.26 bits per heavy atom. The van der Waals surface area contributed by atoms with E-state index in [9.17, 15) is 14.4 Å². The van der Waals surface area contributed by atoms with Crippen molar-refractivity contribution in [2.75, 3.05) is 12.4 Å². The molecule has 1 amide bonds. The predicted molar refractivity (Wildman–Crippen MR) is 105 cm³/mol. The highest BCUT2D eigenvalue weighted by atomic mass is 32.2. The average molecular weight is 392 g/mol. The first-order valence-corrected chi connectivity index (χ1v) is 9.71. The van der Waals surface area contributed by atoms with E-state index in [1.165, 1.54) is 24.8 Å². The maximum atomic E-state index is 12.8. The molecule has 0 saturated heterocycles. The van der Waals surface area contributed by atoms with Crippen molar-refractivity contribution >= 4 is 28.5 Å². The predicted octanol–water partition coefficient (Wildman–Crippen LogP) is 2.66. The van der Waals surface area contributed by atoms with Gasteiger partial charge in [0, 0.05) is 18.7 Å². The number of thioether (sulfide) groups is 1. The number of hydrogen-bond donors (Lipinski definition) is 1. The van der Waals surface area contributed by atoms with Gasteiger partial charge < -0.3 is 14.5 Å². The molecule has 27 heavy (non-hydrogen) atoms. The van der Waals surface area contributed by atoms with Gasteiger partial charge in [-0.25, -0.2) is 4.79 Å². The highest BCUT2D eigenvalue weighted by Gasteiger charge is 2.40. The minimum absolute atomic E-state index is 0.153. The van der Waals surface area contributed by atoms with Crippen molar-refractivity contribution in [3.05, 3.63) is 41.0 Å². The Hall–Kier alpha value is -2.35. The summed E-state index contributed by atoms with van der Waals surface area (Å²) in [6.45, 7) is 8.91. The number of amides is 1. The zero-order valence-corrected chi connectivity index (χ0v) is 16.6. The van der Waals surface area contributed by atoms with Crippen LogP contribution in [0.1, 0.15) is 45.4 Å². The Balaban J connectivity index is 2.24. The Kier molecular flexibility index (Phi) is 7.01. The van der Waals surface area contributed by atoms with Crippen molar-refractivity contribution in [2.45, 2.75) is 45.2 Å². The number of aliphatic imine (C=N–C) groups is 1. The van der Waals surface area contributed by atoms with E-state index < -0.39 is 17.2 Å². The fraction of sp³-hybridized carbons (Fsp3) is 0.474. The summed E-state index contributed by atoms with van der Waals surface area (Å²) in [5.74, 6) is 0.598. The summed E-state index contributed by atoms with van der Waals surface area (Å²) in [5.41, 5.74) is -1.59. The summed E-state index contributed by atoms with van der Waals surface area (Å²) in [4.78, 5) is 40.5. The maximum Gasteiger partial charge on any atom is 0.339 e. The molecule has 0 fully saturated rings. The average Bonchev–Trinajstić information content (AvgIpc) is 3.03. The zero-order valence-electron chi connectivity index (χ0n) is 15.7. The highest BCUT2D eigenvalue weighted by Crippen LogP contribution is 2.30. The minimum atomic E-state index is -1.03. The molecule has 2 atom stereocenters. The van der Waals surface area contributed by atoms with Crippen LogP contribution in [0.5, 0.6) is 5.75 Å². The zero-order chi connectivity index (χ0) is 20.0. The van der Waals surface area contributed by atoms with Gasteiger partial charge in [0.1, 0.15) is 28.7 Å². The molecule has 2 heterocycles. The summed E-state index contributed by atoms with van der Waals surface area (Å²) in [5, 5.41) is 3.26. The number of hydrogen-bond acceptors (Lipinski definition) is 7. The Bertz CT molecular complexity index is 817. The molecule has 1 N–H and O–H groups in total. The summed E-state index contributed by atoms with van der Waals surface area (Å²) in [6, 6.07) is 2.35. The number of carbonyl (C=O) groups excluding carboxylic acids is 2. The van der Waals surface area contributed by atoms with Crippen molar-refractivity contribution in [1.82, 2.24) is 5.32 Å². The second-order valence-electron chi connectivity index (χ2n) is 6.46. The van der Waals surface area contributed by atoms with Gasteiger partial charge in [0.2, 0.25) is 5.91 Å². The summed E-state index contributed by atoms with van der Waals surface area (Å²) >= 11 is 1.27. The van der Waals surface area contributed by atoms with Crippen LogP contribution in [-0.2, 0) is 9.59 Å². The van der Waals surface area contributed by atoms with Crippen LogP contribution >= 0.6 is 11.8 Å². The molecule has 1 aliphatic rings. The molecule has 0 radical (unpaired) electrons. The van der Waals surface area contributed by atoms with Crippen molar-refractivity contribution in [3.63, 3.8) is 0 Å². The fourth-order valence-electron chi connectivity index (χ4n) is 2.57. The smallest absolute Gasteiger partial charge is 0.339 e. The van der Waals surface area contributed by atoms with Gasteiger partial charge in [-0.15, -0.1) is 11.8 Å². The minimum Gasteiger partial charge on any atom is -0.489 e. The van der Waals surface area contributed by atoms with E-state index in [-0.39, 0.29) is 18.3 Å². The number of rotatable bonds is 9. The van der Waals surface area contributed by atoms with E-state index in [1.54, 1.807) is 19.1 Å². The van der Waals surface area contributed by atoms with Gasteiger partial charge in [0.05, 0.1) is 12.1 Å². The number of nitrogens with one attached hydrogen (secondary N) is 1. The van der Waals surface area contributed by atoms with Gasteiger partial charge in [0.25, 0.3) is 0 Å². The first-order chi connectivity index (χ1) is 12.8. The lowest BCUT2D eigenvalue weighted by Crippen LogP contribution is -2.45. The molecule has 0 bridgehead atoms. The third-order valence-electron chi connectivity index (χ3n) is 3.99. The normalized spacial score (nSPS) is 19.9. The quantitative estimate of drug-likeness (QED) is 0.649. The molecule has 2 rings (SSSR count). The van der Waals surface area contributed by atoms with Crippen LogP contribution in [0.3, 0.4) is 0 Å². The SMILES string of the molecule is C=CCOc1cc(C(CCC)NC(=O)C2(C)CSC(C(C)=O)=N2)oc(=O)c1. The number of ketones is 1. The van der Waals surface area contributed by atoms with Gasteiger partial charge in [-0.2, -0.15) is 0 Å². The summed E-state index contributed by atoms with van der Waals surface area (Å²) in [7, 11) is 0. The molecular weight excluding hydrogens is 368 g/mol. The van der Waals surface area contributed by atoms with Crippen molar-refractivity contribution in [2.24, 2.45) is 4.99 Å². The van der Waals surface area contributed by atoms with Crippen LogP contribution in [0.2, 0.25) is 0 Å². The first-order valence-electron chi connectivity index (χ1n) is 8.72. The van der Waals surface area contributed by atoms with Crippen LogP contribution in [-0.4, -0.2) is 34.6 Å². The number of ether oxygens (including phenoxy) is 1. The topological polar surface area (TPSA) is 98.0 Å². The van der Waals surface area contributed by atoms with Crippen LogP contribution in [0.25, 0.3) is 0 Å². The molecule has 0 saturated carbocycles. The molecular formula is C19H24N2O5S. The lowest BCUT2D eigenvalue weighted by Gasteiger charge is -2.24. The lowest BCUT2D eigenvalue weighted by molar-refractivity contribution is -0.125. The first kappa shape index (κ1) is 21.0. The van der Waals surface area contributed by atoms with Gasteiger partial charge >= 0.3 is 5.63 Å². The molecule has 146 valence electrons. The molecule has 0 aliphatic carbocycles. The maximum absolute atomic E-state index is 12.8. The van der Waals surface area contributed by atoms with Gasteiger partial charge in [0.15, 0.2) is 5.78 Å². The Morgan fingerprint density at radius 1 is 1.52 bits per heavy atom. The van der Waals surface area contributed by atoms with Gasteiger partial charge in [-0.05, 0) is 13.3 Å². The third-order valence-corrected chi connectivity index (χ3v) is 5.34. The Morgan fingerprint density at radius 3 is 2.85 bits per heavy atom. The van der Waals surface area contributed by atoms with E-state index in [0.29, 0.717) is 28.7 Å². The number of nitrogens with zero attached hydrogens (tertiary/aromatic N) is 1. The van der Waals surface area contributed by atoms with Crippen molar-refractivity contribution in [3.8, 4) is 5.75 Å². The van der Waals surface area contributed by atoms with Crippen LogP contribution in [0.4, 0.5) is 0 Å². The van der Waals surface area contributed by atoms with E-state index in [4.69, 9.17) is 9.15 Å². The van der Waals surface area contributed by atoms with E-state index in [2.05, 4.69) is 16.9 Å². The van der Waals surface area contributed by atoms with Gasteiger partial charge in [-0.1, -0.05) is 26.0 Å². The largest absolute Gasteiger partial charge is 0.489 e.